The molecule has 0 aromatic rings. The van der Waals surface area contributed by atoms with Crippen LogP contribution in [0.25, 0.3) is 0 Å². The lowest BCUT2D eigenvalue weighted by molar-refractivity contribution is -0.890. The molecule has 0 bridgehead atoms. The average molecular weight is 355 g/mol. The number of rotatable bonds is 13. The van der Waals surface area contributed by atoms with Crippen LogP contribution >= 0.6 is 0 Å². The van der Waals surface area contributed by atoms with E-state index < -0.39 is 10.4 Å². The van der Waals surface area contributed by atoms with E-state index in [1.165, 1.54) is 88.2 Å². The second-order valence-electron chi connectivity index (χ2n) is 7.01. The van der Waals surface area contributed by atoms with Crippen molar-refractivity contribution in [1.29, 1.82) is 0 Å². The van der Waals surface area contributed by atoms with Gasteiger partial charge in [0.1, 0.15) is 0 Å². The summed E-state index contributed by atoms with van der Waals surface area (Å²) in [5.74, 6) is 0. The quantitative estimate of drug-likeness (QED) is 0.284. The first kappa shape index (κ1) is 25.1. The Balaban J connectivity index is 0. The van der Waals surface area contributed by atoms with Crippen molar-refractivity contribution in [3.63, 3.8) is 0 Å². The number of unbranched alkanes of at least 4 members (excludes halogenated alkanes) is 9. The zero-order valence-corrected chi connectivity index (χ0v) is 16.6. The van der Waals surface area contributed by atoms with Gasteiger partial charge < -0.3 is 4.48 Å². The van der Waals surface area contributed by atoms with Gasteiger partial charge in [0, 0.05) is 0 Å². The second kappa shape index (κ2) is 15.4. The molecule has 0 aliphatic carbocycles. The molecule has 0 aliphatic heterocycles. The fourth-order valence-electron chi connectivity index (χ4n) is 2.74. The van der Waals surface area contributed by atoms with E-state index in [-0.39, 0.29) is 0 Å². The smallest absolute Gasteiger partial charge is 0.328 e. The molecule has 0 saturated carbocycles. The van der Waals surface area contributed by atoms with Crippen LogP contribution in [0.15, 0.2) is 0 Å². The SMILES string of the molecule is CCCCCCCCCCCC[N+](C)(C)CCC.O=S(=O)(O)O. The van der Waals surface area contributed by atoms with Gasteiger partial charge in [0.25, 0.3) is 0 Å². The molecule has 0 heterocycles. The van der Waals surface area contributed by atoms with E-state index in [4.69, 9.17) is 17.5 Å². The summed E-state index contributed by atoms with van der Waals surface area (Å²) in [6, 6.07) is 0. The van der Waals surface area contributed by atoms with Gasteiger partial charge in [0.2, 0.25) is 0 Å². The van der Waals surface area contributed by atoms with Crippen molar-refractivity contribution in [2.75, 3.05) is 27.2 Å². The van der Waals surface area contributed by atoms with Gasteiger partial charge in [-0.25, -0.2) is 0 Å². The van der Waals surface area contributed by atoms with Crippen molar-refractivity contribution in [2.24, 2.45) is 0 Å². The van der Waals surface area contributed by atoms with Gasteiger partial charge in [-0.1, -0.05) is 65.2 Å². The van der Waals surface area contributed by atoms with Crippen LogP contribution in [0.2, 0.25) is 0 Å². The zero-order valence-electron chi connectivity index (χ0n) is 15.8. The van der Waals surface area contributed by atoms with Crippen LogP contribution in [-0.2, 0) is 10.4 Å². The van der Waals surface area contributed by atoms with Crippen molar-refractivity contribution < 1.29 is 22.0 Å². The molecule has 142 valence electrons. The predicted molar refractivity (Wildman–Crippen MR) is 98.2 cm³/mol. The molecule has 0 aromatic heterocycles. The largest absolute Gasteiger partial charge is 0.394 e. The van der Waals surface area contributed by atoms with E-state index in [0.717, 1.165) is 0 Å². The third-order valence-electron chi connectivity index (χ3n) is 3.95. The van der Waals surface area contributed by atoms with E-state index in [9.17, 15) is 0 Å². The van der Waals surface area contributed by atoms with E-state index in [1.807, 2.05) is 0 Å². The van der Waals surface area contributed by atoms with E-state index in [0.29, 0.717) is 0 Å². The first-order chi connectivity index (χ1) is 10.6. The maximum absolute atomic E-state index is 8.74. The topological polar surface area (TPSA) is 74.6 Å². The summed E-state index contributed by atoms with van der Waals surface area (Å²) >= 11 is 0. The zero-order chi connectivity index (χ0) is 18.2. The minimum Gasteiger partial charge on any atom is -0.328 e. The molecule has 0 fully saturated rings. The number of hydrogen-bond donors (Lipinski definition) is 2. The monoisotopic (exact) mass is 354 g/mol. The van der Waals surface area contributed by atoms with Gasteiger partial charge in [-0.15, -0.1) is 0 Å². The first-order valence-corrected chi connectivity index (χ1v) is 10.5. The molecule has 0 atom stereocenters. The summed E-state index contributed by atoms with van der Waals surface area (Å²) in [5, 5.41) is 0. The highest BCUT2D eigenvalue weighted by molar-refractivity contribution is 7.79. The highest BCUT2D eigenvalue weighted by atomic mass is 32.3. The molecule has 0 aliphatic rings. The summed E-state index contributed by atoms with van der Waals surface area (Å²) < 4.78 is 32.8. The molecule has 0 saturated heterocycles. The summed E-state index contributed by atoms with van der Waals surface area (Å²) in [6.45, 7) is 7.28. The van der Waals surface area contributed by atoms with Crippen LogP contribution in [0.4, 0.5) is 0 Å². The van der Waals surface area contributed by atoms with Gasteiger partial charge >= 0.3 is 10.4 Å². The molecular formula is C17H40NO4S+. The third kappa shape index (κ3) is 30.3. The van der Waals surface area contributed by atoms with Crippen LogP contribution in [-0.4, -0.2) is 49.2 Å². The van der Waals surface area contributed by atoms with E-state index >= 15 is 0 Å². The molecule has 0 unspecified atom stereocenters. The molecule has 6 heteroatoms. The Kier molecular flexibility index (Phi) is 16.7. The van der Waals surface area contributed by atoms with Crippen LogP contribution in [0, 0.1) is 0 Å². The number of quaternary nitrogens is 1. The maximum atomic E-state index is 8.74. The molecule has 2 N–H and O–H groups in total. The van der Waals surface area contributed by atoms with Gasteiger partial charge in [0.15, 0.2) is 0 Å². The molecule has 23 heavy (non-hydrogen) atoms. The summed E-state index contributed by atoms with van der Waals surface area (Å²) in [7, 11) is 0.0778. The molecule has 0 spiro atoms. The molecular weight excluding hydrogens is 314 g/mol. The lowest BCUT2D eigenvalue weighted by Crippen LogP contribution is -2.40. The minimum atomic E-state index is -4.67. The van der Waals surface area contributed by atoms with Crippen LogP contribution < -0.4 is 0 Å². The summed E-state index contributed by atoms with van der Waals surface area (Å²) in [6.07, 6.45) is 15.8. The Morgan fingerprint density at radius 3 is 1.35 bits per heavy atom. The molecule has 0 rings (SSSR count). The highest BCUT2D eigenvalue weighted by Crippen LogP contribution is 2.11. The van der Waals surface area contributed by atoms with Crippen molar-refractivity contribution in [3.05, 3.63) is 0 Å². The fraction of sp³-hybridized carbons (Fsp3) is 1.00. The van der Waals surface area contributed by atoms with Crippen molar-refractivity contribution in [1.82, 2.24) is 0 Å². The minimum absolute atomic E-state index is 1.22. The Morgan fingerprint density at radius 2 is 1.00 bits per heavy atom. The Bertz CT molecular complexity index is 335. The van der Waals surface area contributed by atoms with Crippen molar-refractivity contribution in [3.8, 4) is 0 Å². The van der Waals surface area contributed by atoms with Crippen LogP contribution in [0.5, 0.6) is 0 Å². The summed E-state index contributed by atoms with van der Waals surface area (Å²) in [4.78, 5) is 0. The van der Waals surface area contributed by atoms with Gasteiger partial charge in [-0.2, -0.15) is 8.42 Å². The summed E-state index contributed by atoms with van der Waals surface area (Å²) in [5.41, 5.74) is 0. The second-order valence-corrected chi connectivity index (χ2v) is 7.91. The molecule has 0 radical (unpaired) electrons. The van der Waals surface area contributed by atoms with Gasteiger partial charge in [-0.3, -0.25) is 9.11 Å². The lowest BCUT2D eigenvalue weighted by atomic mass is 10.1. The molecule has 5 nitrogen and oxygen atoms in total. The highest BCUT2D eigenvalue weighted by Gasteiger charge is 2.11. The lowest BCUT2D eigenvalue weighted by Gasteiger charge is -2.29. The third-order valence-corrected chi connectivity index (χ3v) is 3.95. The Morgan fingerprint density at radius 1 is 0.652 bits per heavy atom. The van der Waals surface area contributed by atoms with Gasteiger partial charge in [-0.05, 0) is 19.3 Å². The number of nitrogens with zero attached hydrogens (tertiary/aromatic N) is 1. The van der Waals surface area contributed by atoms with Crippen LogP contribution in [0.3, 0.4) is 0 Å². The Hall–Kier alpha value is -0.170. The average Bonchev–Trinajstić information content (AvgIpc) is 2.39. The van der Waals surface area contributed by atoms with Crippen LogP contribution in [0.1, 0.15) is 84.5 Å². The van der Waals surface area contributed by atoms with Crippen molar-refractivity contribution >= 4 is 10.4 Å². The molecule has 0 amide bonds. The normalized spacial score (nSPS) is 11.9. The van der Waals surface area contributed by atoms with Crippen molar-refractivity contribution in [2.45, 2.75) is 84.5 Å². The fourth-order valence-corrected chi connectivity index (χ4v) is 2.74. The number of hydrogen-bond acceptors (Lipinski definition) is 2. The first-order valence-electron chi connectivity index (χ1n) is 9.14. The molecule has 0 aromatic carbocycles. The van der Waals surface area contributed by atoms with Gasteiger partial charge in [0.05, 0.1) is 27.2 Å². The maximum Gasteiger partial charge on any atom is 0.394 e. The van der Waals surface area contributed by atoms with E-state index in [2.05, 4.69) is 27.9 Å². The predicted octanol–water partition coefficient (Wildman–Crippen LogP) is 4.74. The Labute approximate surface area is 144 Å². The van der Waals surface area contributed by atoms with E-state index in [1.54, 1.807) is 0 Å². The standard InChI is InChI=1S/C17H38N.H2O4S/c1-5-7-8-9-10-11-12-13-14-15-17-18(3,4)16-6-2;1-5(2,3)4/h5-17H2,1-4H3;(H2,1,2,3,4)/q+1;.